The number of anilines is 1. The smallest absolute Gasteiger partial charge is 0.261 e. The predicted molar refractivity (Wildman–Crippen MR) is 160 cm³/mol. The second-order valence-electron chi connectivity index (χ2n) is 10.7. The van der Waals surface area contributed by atoms with Crippen LogP contribution in [0.5, 0.6) is 5.75 Å². The molecule has 0 fully saturated rings. The highest BCUT2D eigenvalue weighted by Crippen LogP contribution is 2.30. The van der Waals surface area contributed by atoms with Gasteiger partial charge in [-0.15, -0.1) is 0 Å². The summed E-state index contributed by atoms with van der Waals surface area (Å²) in [4.78, 5) is 15.3. The van der Waals surface area contributed by atoms with Gasteiger partial charge in [-0.05, 0) is 56.3 Å². The van der Waals surface area contributed by atoms with E-state index in [-0.39, 0.29) is 53.4 Å². The Balaban J connectivity index is 1.68. The van der Waals surface area contributed by atoms with Crippen LogP contribution in [-0.2, 0) is 31.3 Å². The molecular formula is C30H37N3O7S2. The minimum atomic E-state index is -3.88. The average Bonchev–Trinajstić information content (AvgIpc) is 3.00. The van der Waals surface area contributed by atoms with E-state index in [2.05, 4.69) is 4.72 Å². The van der Waals surface area contributed by atoms with E-state index in [1.54, 1.807) is 72.5 Å². The van der Waals surface area contributed by atoms with Gasteiger partial charge in [0.2, 0.25) is 15.9 Å². The van der Waals surface area contributed by atoms with E-state index in [1.165, 1.54) is 23.5 Å². The molecule has 1 heterocycles. The van der Waals surface area contributed by atoms with Crippen molar-refractivity contribution in [2.45, 2.75) is 49.1 Å². The molecule has 1 aliphatic heterocycles. The molecule has 0 saturated heterocycles. The number of hydrogen-bond acceptors (Lipinski definition) is 7. The van der Waals surface area contributed by atoms with Crippen LogP contribution >= 0.6 is 0 Å². The lowest BCUT2D eigenvalue weighted by Crippen LogP contribution is -2.48. The second kappa shape index (κ2) is 12.8. The number of amides is 1. The lowest BCUT2D eigenvalue weighted by molar-refractivity contribution is -0.134. The van der Waals surface area contributed by atoms with Crippen molar-refractivity contribution in [1.82, 2.24) is 9.21 Å². The van der Waals surface area contributed by atoms with Gasteiger partial charge in [-0.25, -0.2) is 16.8 Å². The molecule has 42 heavy (non-hydrogen) atoms. The van der Waals surface area contributed by atoms with Crippen molar-refractivity contribution in [2.24, 2.45) is 5.92 Å². The number of nitrogens with zero attached hydrogens (tertiary/aromatic N) is 2. The maximum Gasteiger partial charge on any atom is 0.261 e. The van der Waals surface area contributed by atoms with Gasteiger partial charge in [0.05, 0.1) is 35.4 Å². The molecule has 3 aromatic rings. The number of carbonyl (C=O) groups excluding carboxylic acids is 1. The fourth-order valence-corrected chi connectivity index (χ4v) is 7.02. The summed E-state index contributed by atoms with van der Waals surface area (Å²) >= 11 is 0. The first-order chi connectivity index (χ1) is 19.8. The number of ether oxygens (including phenoxy) is 1. The summed E-state index contributed by atoms with van der Waals surface area (Å²) in [6, 6.07) is 18.7. The van der Waals surface area contributed by atoms with Crippen molar-refractivity contribution in [3.05, 3.63) is 83.9 Å². The molecule has 226 valence electrons. The number of nitrogens with one attached hydrogen (secondary N) is 1. The van der Waals surface area contributed by atoms with Crippen LogP contribution in [-0.4, -0.2) is 75.9 Å². The Morgan fingerprint density at radius 3 is 2.33 bits per heavy atom. The molecule has 0 bridgehead atoms. The molecule has 12 heteroatoms. The van der Waals surface area contributed by atoms with Gasteiger partial charge in [0.1, 0.15) is 11.9 Å². The number of hydrogen-bond donors (Lipinski definition) is 2. The number of aliphatic hydroxyl groups excluding tert-OH is 1. The third kappa shape index (κ3) is 7.12. The number of benzene rings is 3. The standard InChI is InChI=1S/C30H37N3O7S2/c1-21-10-13-27(14-11-21)42(38,39)32(4)19-29-22(2)18-33(23(3)20-34)30(35)17-24-16-25(12-15-28(24)40-29)31-41(36,37)26-8-6-5-7-9-26/h5-16,22-23,29,31,34H,17-20H2,1-4H3/t22-,23+,29-/m0/s1. The van der Waals surface area contributed by atoms with E-state index < -0.39 is 32.2 Å². The van der Waals surface area contributed by atoms with Crippen LogP contribution in [0.1, 0.15) is 25.0 Å². The zero-order valence-electron chi connectivity index (χ0n) is 24.1. The molecule has 0 aromatic heterocycles. The minimum absolute atomic E-state index is 0.00522. The van der Waals surface area contributed by atoms with Gasteiger partial charge < -0.3 is 14.7 Å². The molecule has 0 unspecified atom stereocenters. The number of likely N-dealkylation sites (N-methyl/N-ethyl adjacent to an activating group) is 1. The Morgan fingerprint density at radius 1 is 1.02 bits per heavy atom. The predicted octanol–water partition coefficient (Wildman–Crippen LogP) is 3.27. The first-order valence-electron chi connectivity index (χ1n) is 13.6. The molecule has 0 radical (unpaired) electrons. The summed E-state index contributed by atoms with van der Waals surface area (Å²) in [6.07, 6.45) is -0.766. The lowest BCUT2D eigenvalue weighted by Gasteiger charge is -2.33. The van der Waals surface area contributed by atoms with E-state index in [0.717, 1.165) is 5.56 Å². The molecule has 3 aromatic carbocycles. The first-order valence-corrected chi connectivity index (χ1v) is 16.5. The molecule has 2 N–H and O–H groups in total. The first kappa shape index (κ1) is 31.5. The van der Waals surface area contributed by atoms with Crippen molar-refractivity contribution < 1.29 is 31.5 Å². The third-order valence-electron chi connectivity index (χ3n) is 7.39. The van der Waals surface area contributed by atoms with Gasteiger partial charge >= 0.3 is 0 Å². The number of aryl methyl sites for hydroxylation is 1. The van der Waals surface area contributed by atoms with Gasteiger partial charge in [-0.1, -0.05) is 42.8 Å². The summed E-state index contributed by atoms with van der Waals surface area (Å²) in [6.45, 7) is 5.45. The van der Waals surface area contributed by atoms with Crippen LogP contribution in [0.2, 0.25) is 0 Å². The van der Waals surface area contributed by atoms with Crippen LogP contribution < -0.4 is 9.46 Å². The van der Waals surface area contributed by atoms with Crippen molar-refractivity contribution in [3.63, 3.8) is 0 Å². The van der Waals surface area contributed by atoms with Gasteiger partial charge in [0.15, 0.2) is 0 Å². The number of sulfonamides is 2. The van der Waals surface area contributed by atoms with E-state index in [1.807, 2.05) is 13.8 Å². The highest BCUT2D eigenvalue weighted by molar-refractivity contribution is 7.92. The summed E-state index contributed by atoms with van der Waals surface area (Å²) < 4.78 is 62.8. The molecular weight excluding hydrogens is 578 g/mol. The van der Waals surface area contributed by atoms with Crippen LogP contribution in [0.3, 0.4) is 0 Å². The monoisotopic (exact) mass is 615 g/mol. The van der Waals surface area contributed by atoms with Gasteiger partial charge in [-0.2, -0.15) is 4.31 Å². The number of aliphatic hydroxyl groups is 1. The maximum atomic E-state index is 13.5. The summed E-state index contributed by atoms with van der Waals surface area (Å²) in [5, 5.41) is 9.87. The molecule has 0 aliphatic carbocycles. The SMILES string of the molecule is Cc1ccc(S(=O)(=O)N(C)C[C@@H]2Oc3ccc(NS(=O)(=O)c4ccccc4)cc3CC(=O)N([C@H](C)CO)C[C@@H]2C)cc1. The zero-order valence-corrected chi connectivity index (χ0v) is 25.7. The molecule has 10 nitrogen and oxygen atoms in total. The highest BCUT2D eigenvalue weighted by Gasteiger charge is 2.33. The lowest BCUT2D eigenvalue weighted by atomic mass is 10.0. The average molecular weight is 616 g/mol. The van der Waals surface area contributed by atoms with Gasteiger partial charge in [0, 0.05) is 30.8 Å². The Morgan fingerprint density at radius 2 is 1.69 bits per heavy atom. The Bertz CT molecular complexity index is 1610. The van der Waals surface area contributed by atoms with Crippen LogP contribution in [0.25, 0.3) is 0 Å². The van der Waals surface area contributed by atoms with Crippen molar-refractivity contribution in [1.29, 1.82) is 0 Å². The molecule has 4 rings (SSSR count). The summed E-state index contributed by atoms with van der Waals surface area (Å²) in [5.41, 5.74) is 1.62. The maximum absolute atomic E-state index is 13.5. The molecule has 3 atom stereocenters. The number of rotatable bonds is 9. The quantitative estimate of drug-likeness (QED) is 0.378. The van der Waals surface area contributed by atoms with Crippen LogP contribution in [0, 0.1) is 12.8 Å². The normalized spacial score (nSPS) is 18.8. The van der Waals surface area contributed by atoms with Crippen LogP contribution in [0.4, 0.5) is 5.69 Å². The zero-order chi connectivity index (χ0) is 30.7. The van der Waals surface area contributed by atoms with Crippen molar-refractivity contribution in [2.75, 3.05) is 31.5 Å². The molecule has 0 spiro atoms. The molecule has 1 amide bonds. The van der Waals surface area contributed by atoms with Gasteiger partial charge in [-0.3, -0.25) is 9.52 Å². The van der Waals surface area contributed by atoms with Gasteiger partial charge in [0.25, 0.3) is 10.0 Å². The van der Waals surface area contributed by atoms with Crippen LogP contribution in [0.15, 0.2) is 82.6 Å². The highest BCUT2D eigenvalue weighted by atomic mass is 32.2. The minimum Gasteiger partial charge on any atom is -0.488 e. The topological polar surface area (TPSA) is 133 Å². The van der Waals surface area contributed by atoms with Crippen molar-refractivity contribution in [3.8, 4) is 5.75 Å². The second-order valence-corrected chi connectivity index (χ2v) is 14.5. The molecule has 0 saturated carbocycles. The third-order valence-corrected chi connectivity index (χ3v) is 10.6. The van der Waals surface area contributed by atoms with E-state index in [4.69, 9.17) is 4.74 Å². The summed E-state index contributed by atoms with van der Waals surface area (Å²) in [7, 11) is -6.22. The van der Waals surface area contributed by atoms with E-state index >= 15 is 0 Å². The van der Waals surface area contributed by atoms with E-state index in [9.17, 15) is 26.7 Å². The Kier molecular flexibility index (Phi) is 9.61. The fourth-order valence-electron chi connectivity index (χ4n) is 4.77. The van der Waals surface area contributed by atoms with Crippen molar-refractivity contribution >= 4 is 31.6 Å². The summed E-state index contributed by atoms with van der Waals surface area (Å²) in [5.74, 6) is -0.235. The Labute approximate surface area is 248 Å². The van der Waals surface area contributed by atoms with E-state index in [0.29, 0.717) is 11.3 Å². The fraction of sp³-hybridized carbons (Fsp3) is 0.367. The largest absolute Gasteiger partial charge is 0.488 e. The number of carbonyl (C=O) groups is 1. The number of fused-ring (bicyclic) bond motifs is 1. The Hall–Kier alpha value is -3.45. The molecule has 1 aliphatic rings.